The van der Waals surface area contributed by atoms with Crippen molar-refractivity contribution in [2.45, 2.75) is 52.1 Å². The number of fused-ring (bicyclic) bond motifs is 1. The minimum Gasteiger partial charge on any atom is -0.358 e. The zero-order valence-electron chi connectivity index (χ0n) is 24.1. The Morgan fingerprint density at radius 2 is 1.81 bits per heavy atom. The average molecular weight is 570 g/mol. The third-order valence-electron chi connectivity index (χ3n) is 8.72. The first-order valence-corrected chi connectivity index (χ1v) is 14.7. The predicted molar refractivity (Wildman–Crippen MR) is 161 cm³/mol. The molecule has 2 saturated heterocycles. The number of carbonyl (C=O) groups is 3. The van der Waals surface area contributed by atoms with Gasteiger partial charge in [0.25, 0.3) is 17.7 Å². The quantitative estimate of drug-likeness (QED) is 0.353. The maximum absolute atomic E-state index is 13.8. The highest BCUT2D eigenvalue weighted by Gasteiger charge is 2.34. The summed E-state index contributed by atoms with van der Waals surface area (Å²) in [4.78, 5) is 47.6. The van der Waals surface area contributed by atoms with Crippen LogP contribution in [0.15, 0.2) is 42.5 Å². The van der Waals surface area contributed by atoms with Crippen molar-refractivity contribution in [3.05, 3.63) is 87.5 Å². The van der Waals surface area contributed by atoms with Crippen molar-refractivity contribution in [2.24, 2.45) is 0 Å². The van der Waals surface area contributed by atoms with E-state index >= 15 is 0 Å². The van der Waals surface area contributed by atoms with Crippen LogP contribution in [0.25, 0.3) is 11.6 Å². The van der Waals surface area contributed by atoms with Gasteiger partial charge in [0.1, 0.15) is 5.82 Å². The minimum absolute atomic E-state index is 0.0454. The average Bonchev–Trinajstić information content (AvgIpc) is 3.77. The molecular formula is C33H36FN5O3. The topological polar surface area (TPSA) is 97.5 Å². The highest BCUT2D eigenvalue weighted by molar-refractivity contribution is 6.35. The van der Waals surface area contributed by atoms with Crippen molar-refractivity contribution < 1.29 is 18.8 Å². The van der Waals surface area contributed by atoms with Crippen LogP contribution in [0.4, 0.5) is 10.1 Å². The van der Waals surface area contributed by atoms with E-state index in [2.05, 4.69) is 20.5 Å². The van der Waals surface area contributed by atoms with Crippen LogP contribution >= 0.6 is 0 Å². The summed E-state index contributed by atoms with van der Waals surface area (Å²) in [6, 6.07) is 11.3. The first-order chi connectivity index (χ1) is 20.3. The van der Waals surface area contributed by atoms with Crippen LogP contribution in [0.1, 0.15) is 74.5 Å². The second-order valence-corrected chi connectivity index (χ2v) is 11.5. The monoisotopic (exact) mass is 569 g/mol. The molecule has 2 fully saturated rings. The van der Waals surface area contributed by atoms with Gasteiger partial charge in [0, 0.05) is 53.9 Å². The lowest BCUT2D eigenvalue weighted by Gasteiger charge is -2.28. The second-order valence-electron chi connectivity index (χ2n) is 11.5. The van der Waals surface area contributed by atoms with Crippen LogP contribution in [0.3, 0.4) is 0 Å². The van der Waals surface area contributed by atoms with E-state index in [-0.39, 0.29) is 36.1 Å². The van der Waals surface area contributed by atoms with Gasteiger partial charge in [-0.15, -0.1) is 0 Å². The van der Waals surface area contributed by atoms with Crippen molar-refractivity contribution in [3.8, 4) is 0 Å². The first-order valence-electron chi connectivity index (χ1n) is 14.7. The number of benzene rings is 2. The molecule has 8 nitrogen and oxygen atoms in total. The number of aromatic amines is 1. The molecule has 3 aliphatic rings. The number of likely N-dealkylation sites (tertiary alicyclic amines) is 2. The molecule has 218 valence electrons. The standard InChI is InChI=1S/C33H36FN5O3/c1-20-29(36-21(2)30(20)33(42)39-15-5-6-25(39)19-38-13-3-4-14-38)17-27-26-16-23(9-12-28(26)37-32(27)41)31(40)35-18-22-7-10-24(34)11-8-22/h7-12,16-17,25,36H,3-6,13-15,18-19H2,1-2H3,(H,35,40)(H,37,41)/b27-17-/t25-/m1/s1. The number of hydrogen-bond acceptors (Lipinski definition) is 4. The molecule has 4 heterocycles. The predicted octanol–water partition coefficient (Wildman–Crippen LogP) is 4.89. The molecule has 6 rings (SSSR count). The van der Waals surface area contributed by atoms with Gasteiger partial charge in [-0.05, 0) is 100 Å². The zero-order valence-corrected chi connectivity index (χ0v) is 24.1. The number of halogens is 1. The Bertz CT molecular complexity index is 1570. The highest BCUT2D eigenvalue weighted by Crippen LogP contribution is 2.35. The fourth-order valence-electron chi connectivity index (χ4n) is 6.44. The van der Waals surface area contributed by atoms with Gasteiger partial charge in [0.15, 0.2) is 0 Å². The Kier molecular flexibility index (Phi) is 7.68. The van der Waals surface area contributed by atoms with Gasteiger partial charge in [0.2, 0.25) is 0 Å². The summed E-state index contributed by atoms with van der Waals surface area (Å²) in [6.07, 6.45) is 6.27. The summed E-state index contributed by atoms with van der Waals surface area (Å²) in [5.74, 6) is -0.848. The molecule has 1 aromatic heterocycles. The maximum atomic E-state index is 13.8. The van der Waals surface area contributed by atoms with Crippen LogP contribution in [-0.2, 0) is 11.3 Å². The van der Waals surface area contributed by atoms with E-state index in [4.69, 9.17) is 0 Å². The lowest BCUT2D eigenvalue weighted by Crippen LogP contribution is -2.42. The molecule has 0 saturated carbocycles. The summed E-state index contributed by atoms with van der Waals surface area (Å²) in [7, 11) is 0. The Balaban J connectivity index is 1.22. The molecule has 0 bridgehead atoms. The van der Waals surface area contributed by atoms with Gasteiger partial charge < -0.3 is 25.4 Å². The normalized spacial score (nSPS) is 19.4. The summed E-state index contributed by atoms with van der Waals surface area (Å²) >= 11 is 0. The number of H-pyrrole nitrogens is 1. The first kappa shape index (κ1) is 27.9. The molecule has 3 amide bonds. The second kappa shape index (κ2) is 11.6. The fourth-order valence-corrected chi connectivity index (χ4v) is 6.44. The molecule has 3 aromatic rings. The number of anilines is 1. The van der Waals surface area contributed by atoms with Gasteiger partial charge in [0.05, 0.1) is 11.1 Å². The Hall–Kier alpha value is -4.24. The molecule has 2 aromatic carbocycles. The molecule has 0 radical (unpaired) electrons. The van der Waals surface area contributed by atoms with Gasteiger partial charge in [-0.1, -0.05) is 12.1 Å². The van der Waals surface area contributed by atoms with Crippen molar-refractivity contribution in [1.29, 1.82) is 0 Å². The number of nitrogens with zero attached hydrogens (tertiary/aromatic N) is 2. The summed E-state index contributed by atoms with van der Waals surface area (Å²) < 4.78 is 13.2. The van der Waals surface area contributed by atoms with Crippen LogP contribution < -0.4 is 10.6 Å². The third kappa shape index (κ3) is 5.48. The summed E-state index contributed by atoms with van der Waals surface area (Å²) in [6.45, 7) is 7.99. The third-order valence-corrected chi connectivity index (χ3v) is 8.72. The van der Waals surface area contributed by atoms with E-state index in [1.807, 2.05) is 18.7 Å². The Morgan fingerprint density at radius 3 is 2.57 bits per heavy atom. The minimum atomic E-state index is -0.332. The van der Waals surface area contributed by atoms with Crippen LogP contribution in [-0.4, -0.2) is 64.7 Å². The molecule has 0 spiro atoms. The Morgan fingerprint density at radius 1 is 1.05 bits per heavy atom. The van der Waals surface area contributed by atoms with Gasteiger partial charge in [-0.3, -0.25) is 14.4 Å². The van der Waals surface area contributed by atoms with E-state index in [0.717, 1.165) is 55.8 Å². The number of carbonyl (C=O) groups excluding carboxylic acids is 3. The summed E-state index contributed by atoms with van der Waals surface area (Å²) in [5, 5.41) is 5.73. The van der Waals surface area contributed by atoms with Crippen LogP contribution in [0.5, 0.6) is 0 Å². The number of amides is 3. The smallest absolute Gasteiger partial charge is 0.256 e. The SMILES string of the molecule is Cc1[nH]c(/C=C2\C(=O)Nc3ccc(C(=O)NCc4ccc(F)cc4)cc32)c(C)c1C(=O)N1CCC[C@@H]1CN1CCCC1. The van der Waals surface area contributed by atoms with Crippen molar-refractivity contribution in [3.63, 3.8) is 0 Å². The molecule has 3 N–H and O–H groups in total. The maximum Gasteiger partial charge on any atom is 0.256 e. The van der Waals surface area contributed by atoms with E-state index in [1.54, 1.807) is 36.4 Å². The summed E-state index contributed by atoms with van der Waals surface area (Å²) in [5.41, 5.74) is 5.83. The molecular weight excluding hydrogens is 533 g/mol. The van der Waals surface area contributed by atoms with Crippen LogP contribution in [0, 0.1) is 19.7 Å². The van der Waals surface area contributed by atoms with Crippen LogP contribution in [0.2, 0.25) is 0 Å². The lowest BCUT2D eigenvalue weighted by molar-refractivity contribution is -0.110. The molecule has 0 unspecified atom stereocenters. The number of aryl methyl sites for hydroxylation is 1. The number of nitrogens with one attached hydrogen (secondary N) is 3. The van der Waals surface area contributed by atoms with Crippen molar-refractivity contribution in [1.82, 2.24) is 20.1 Å². The molecule has 42 heavy (non-hydrogen) atoms. The molecule has 3 aliphatic heterocycles. The highest BCUT2D eigenvalue weighted by atomic mass is 19.1. The molecule has 9 heteroatoms. The van der Waals surface area contributed by atoms with Crippen molar-refractivity contribution in [2.75, 3.05) is 31.5 Å². The van der Waals surface area contributed by atoms with Crippen molar-refractivity contribution >= 4 is 35.1 Å². The van der Waals surface area contributed by atoms with Gasteiger partial charge in [-0.25, -0.2) is 4.39 Å². The zero-order chi connectivity index (χ0) is 29.4. The lowest BCUT2D eigenvalue weighted by atomic mass is 10.0. The van der Waals surface area contributed by atoms with Gasteiger partial charge in [-0.2, -0.15) is 0 Å². The largest absolute Gasteiger partial charge is 0.358 e. The fraction of sp³-hybridized carbons (Fsp3) is 0.364. The number of aromatic nitrogens is 1. The van der Waals surface area contributed by atoms with E-state index in [9.17, 15) is 18.8 Å². The number of rotatable bonds is 7. The van der Waals surface area contributed by atoms with E-state index in [1.165, 1.54) is 25.0 Å². The Labute approximate surface area is 245 Å². The van der Waals surface area contributed by atoms with Gasteiger partial charge >= 0.3 is 0 Å². The number of hydrogen-bond donors (Lipinski definition) is 3. The van der Waals surface area contributed by atoms with E-state index in [0.29, 0.717) is 33.6 Å². The van der Waals surface area contributed by atoms with E-state index < -0.39 is 0 Å². The molecule has 0 aliphatic carbocycles. The molecule has 1 atom stereocenters.